The summed E-state index contributed by atoms with van der Waals surface area (Å²) in [6, 6.07) is 15.8. The SMILES string of the molecule is Cc1cc(C2=Nn3c(nnc3C(N)Cc3ccccc3)SC2)ccc1Cl. The van der Waals surface area contributed by atoms with Crippen LogP contribution in [0.3, 0.4) is 0 Å². The van der Waals surface area contributed by atoms with Crippen LogP contribution < -0.4 is 5.73 Å². The standard InChI is InChI=1S/C19H18ClN5S/c1-12-9-14(7-8-15(12)20)17-11-26-19-23-22-18(25(19)24-17)16(21)10-13-5-3-2-4-6-13/h2-9,16H,10-11,21H2,1H3. The van der Waals surface area contributed by atoms with Crippen LogP contribution in [0.5, 0.6) is 0 Å². The predicted molar refractivity (Wildman–Crippen MR) is 106 cm³/mol. The van der Waals surface area contributed by atoms with Crippen LogP contribution in [0, 0.1) is 6.92 Å². The van der Waals surface area contributed by atoms with Crippen molar-refractivity contribution in [3.63, 3.8) is 0 Å². The number of fused-ring (bicyclic) bond motifs is 1. The van der Waals surface area contributed by atoms with Crippen LogP contribution in [-0.4, -0.2) is 26.3 Å². The highest BCUT2D eigenvalue weighted by atomic mass is 35.5. The minimum absolute atomic E-state index is 0.269. The highest BCUT2D eigenvalue weighted by Crippen LogP contribution is 2.27. The van der Waals surface area contributed by atoms with E-state index in [1.807, 2.05) is 37.3 Å². The molecule has 1 aromatic heterocycles. The number of nitrogens with two attached hydrogens (primary N) is 1. The molecule has 2 aromatic carbocycles. The molecule has 26 heavy (non-hydrogen) atoms. The van der Waals surface area contributed by atoms with E-state index in [0.717, 1.165) is 32.8 Å². The zero-order valence-corrected chi connectivity index (χ0v) is 15.8. The Kier molecular flexibility index (Phi) is 4.80. The van der Waals surface area contributed by atoms with E-state index in [9.17, 15) is 0 Å². The molecule has 0 bridgehead atoms. The van der Waals surface area contributed by atoms with E-state index in [4.69, 9.17) is 22.4 Å². The zero-order valence-electron chi connectivity index (χ0n) is 14.3. The first-order valence-corrected chi connectivity index (χ1v) is 9.70. The van der Waals surface area contributed by atoms with E-state index in [0.29, 0.717) is 12.2 Å². The molecule has 4 rings (SSSR count). The molecule has 0 aliphatic carbocycles. The number of thioether (sulfide) groups is 1. The highest BCUT2D eigenvalue weighted by Gasteiger charge is 2.23. The molecular formula is C19H18ClN5S. The number of aromatic nitrogens is 3. The van der Waals surface area contributed by atoms with Gasteiger partial charge in [0, 0.05) is 10.8 Å². The summed E-state index contributed by atoms with van der Waals surface area (Å²) in [5, 5.41) is 14.8. The summed E-state index contributed by atoms with van der Waals surface area (Å²) in [5.74, 6) is 1.42. The molecule has 0 fully saturated rings. The fourth-order valence-electron chi connectivity index (χ4n) is 2.90. The van der Waals surface area contributed by atoms with Crippen LogP contribution in [0.25, 0.3) is 0 Å². The molecule has 132 valence electrons. The number of hydrogen-bond donors (Lipinski definition) is 1. The van der Waals surface area contributed by atoms with Crippen molar-refractivity contribution < 1.29 is 0 Å². The third-order valence-electron chi connectivity index (χ3n) is 4.32. The van der Waals surface area contributed by atoms with Gasteiger partial charge in [0.25, 0.3) is 0 Å². The van der Waals surface area contributed by atoms with Crippen LogP contribution in [0.2, 0.25) is 5.02 Å². The minimum Gasteiger partial charge on any atom is -0.321 e. The van der Waals surface area contributed by atoms with Gasteiger partial charge in [-0.05, 0) is 42.2 Å². The first-order valence-electron chi connectivity index (χ1n) is 8.34. The number of aryl methyl sites for hydroxylation is 1. The monoisotopic (exact) mass is 383 g/mol. The van der Waals surface area contributed by atoms with Crippen molar-refractivity contribution >= 4 is 29.1 Å². The molecule has 3 aromatic rings. The third kappa shape index (κ3) is 3.40. The number of hydrogen-bond acceptors (Lipinski definition) is 5. The lowest BCUT2D eigenvalue weighted by Crippen LogP contribution is -2.21. The van der Waals surface area contributed by atoms with Gasteiger partial charge in [-0.15, -0.1) is 10.2 Å². The fourth-order valence-corrected chi connectivity index (χ4v) is 3.86. The summed E-state index contributed by atoms with van der Waals surface area (Å²) >= 11 is 7.76. The topological polar surface area (TPSA) is 69.1 Å². The maximum Gasteiger partial charge on any atom is 0.212 e. The number of benzene rings is 2. The summed E-state index contributed by atoms with van der Waals surface area (Å²) in [7, 11) is 0. The Balaban J connectivity index is 1.65. The molecule has 1 unspecified atom stereocenters. The van der Waals surface area contributed by atoms with Crippen LogP contribution in [-0.2, 0) is 6.42 Å². The Morgan fingerprint density at radius 1 is 1.19 bits per heavy atom. The van der Waals surface area contributed by atoms with Gasteiger partial charge in [-0.25, -0.2) is 0 Å². The molecule has 5 nitrogen and oxygen atoms in total. The van der Waals surface area contributed by atoms with Gasteiger partial charge in [-0.1, -0.05) is 59.8 Å². The number of halogens is 1. The first-order chi connectivity index (χ1) is 12.6. The molecule has 1 atom stereocenters. The van der Waals surface area contributed by atoms with Gasteiger partial charge in [0.2, 0.25) is 5.16 Å². The summed E-state index contributed by atoms with van der Waals surface area (Å²) in [4.78, 5) is 0. The van der Waals surface area contributed by atoms with E-state index in [2.05, 4.69) is 28.4 Å². The predicted octanol–water partition coefficient (Wildman–Crippen LogP) is 3.84. The van der Waals surface area contributed by atoms with Gasteiger partial charge in [-0.3, -0.25) is 0 Å². The van der Waals surface area contributed by atoms with Crippen molar-refractivity contribution in [2.75, 3.05) is 5.75 Å². The minimum atomic E-state index is -0.269. The fraction of sp³-hybridized carbons (Fsp3) is 0.211. The first kappa shape index (κ1) is 17.3. The van der Waals surface area contributed by atoms with Gasteiger partial charge in [0.05, 0.1) is 11.8 Å². The van der Waals surface area contributed by atoms with Crippen molar-refractivity contribution in [1.29, 1.82) is 0 Å². The second kappa shape index (κ2) is 7.23. The van der Waals surface area contributed by atoms with E-state index in [-0.39, 0.29) is 6.04 Å². The Labute approximate surface area is 161 Å². The van der Waals surface area contributed by atoms with Crippen molar-refractivity contribution in [1.82, 2.24) is 14.9 Å². The number of rotatable bonds is 4. The average molecular weight is 384 g/mol. The summed E-state index contributed by atoms with van der Waals surface area (Å²) in [5.41, 5.74) is 10.6. The van der Waals surface area contributed by atoms with Gasteiger partial charge in [-0.2, -0.15) is 9.78 Å². The van der Waals surface area contributed by atoms with Gasteiger partial charge < -0.3 is 5.73 Å². The zero-order chi connectivity index (χ0) is 18.1. The van der Waals surface area contributed by atoms with Crippen molar-refractivity contribution in [2.24, 2.45) is 10.8 Å². The molecule has 0 saturated heterocycles. The maximum absolute atomic E-state index is 6.40. The molecule has 7 heteroatoms. The normalized spacial score (nSPS) is 14.7. The molecule has 1 aliphatic rings. The Morgan fingerprint density at radius 2 is 2.00 bits per heavy atom. The number of nitrogens with zero attached hydrogens (tertiary/aromatic N) is 4. The second-order valence-corrected chi connectivity index (χ2v) is 7.60. The molecule has 1 aliphatic heterocycles. The Morgan fingerprint density at radius 3 is 2.77 bits per heavy atom. The van der Waals surface area contributed by atoms with Crippen molar-refractivity contribution in [2.45, 2.75) is 24.5 Å². The molecule has 0 amide bonds. The van der Waals surface area contributed by atoms with Gasteiger partial charge >= 0.3 is 0 Å². The van der Waals surface area contributed by atoms with Gasteiger partial charge in [0.15, 0.2) is 5.82 Å². The van der Waals surface area contributed by atoms with E-state index >= 15 is 0 Å². The van der Waals surface area contributed by atoms with E-state index in [1.165, 1.54) is 5.56 Å². The Bertz CT molecular complexity index is 967. The summed E-state index contributed by atoms with van der Waals surface area (Å²) < 4.78 is 1.78. The molecule has 2 N–H and O–H groups in total. The van der Waals surface area contributed by atoms with E-state index < -0.39 is 0 Å². The summed E-state index contributed by atoms with van der Waals surface area (Å²) in [6.07, 6.45) is 0.689. The van der Waals surface area contributed by atoms with Crippen LogP contribution in [0.15, 0.2) is 58.8 Å². The lowest BCUT2D eigenvalue weighted by atomic mass is 10.1. The molecule has 0 radical (unpaired) electrons. The molecule has 0 spiro atoms. The van der Waals surface area contributed by atoms with E-state index in [1.54, 1.807) is 16.4 Å². The van der Waals surface area contributed by atoms with Gasteiger partial charge in [0.1, 0.15) is 0 Å². The largest absolute Gasteiger partial charge is 0.321 e. The highest BCUT2D eigenvalue weighted by molar-refractivity contribution is 7.99. The van der Waals surface area contributed by atoms with Crippen LogP contribution in [0.4, 0.5) is 0 Å². The molecular weight excluding hydrogens is 366 g/mol. The second-order valence-electron chi connectivity index (χ2n) is 6.25. The van der Waals surface area contributed by atoms with Crippen molar-refractivity contribution in [3.05, 3.63) is 76.1 Å². The summed E-state index contributed by atoms with van der Waals surface area (Å²) in [6.45, 7) is 1.99. The smallest absolute Gasteiger partial charge is 0.212 e. The average Bonchev–Trinajstić information content (AvgIpc) is 3.08. The quantitative estimate of drug-likeness (QED) is 0.743. The maximum atomic E-state index is 6.40. The lowest BCUT2D eigenvalue weighted by Gasteiger charge is -2.17. The molecule has 2 heterocycles. The third-order valence-corrected chi connectivity index (χ3v) is 5.67. The Hall–Kier alpha value is -2.15. The molecule has 0 saturated carbocycles. The lowest BCUT2D eigenvalue weighted by molar-refractivity contribution is 0.606. The van der Waals surface area contributed by atoms with Crippen LogP contribution in [0.1, 0.15) is 28.6 Å². The van der Waals surface area contributed by atoms with Crippen LogP contribution >= 0.6 is 23.4 Å². The van der Waals surface area contributed by atoms with Crippen molar-refractivity contribution in [3.8, 4) is 0 Å².